The average molecular weight is 360 g/mol. The van der Waals surface area contributed by atoms with Crippen LogP contribution in [0.1, 0.15) is 12.5 Å². The minimum Gasteiger partial charge on any atom is -0.494 e. The van der Waals surface area contributed by atoms with Gasteiger partial charge in [0, 0.05) is 23.4 Å². The van der Waals surface area contributed by atoms with E-state index in [2.05, 4.69) is 10.2 Å². The summed E-state index contributed by atoms with van der Waals surface area (Å²) in [6.45, 7) is 2.63. The first kappa shape index (κ1) is 16.9. The van der Waals surface area contributed by atoms with Gasteiger partial charge in [-0.05, 0) is 42.8 Å². The highest BCUT2D eigenvalue weighted by atomic mass is 35.5. The van der Waals surface area contributed by atoms with Crippen molar-refractivity contribution in [1.82, 2.24) is 14.8 Å². The molecule has 0 bridgehead atoms. The van der Waals surface area contributed by atoms with Gasteiger partial charge in [-0.3, -0.25) is 0 Å². The normalized spacial score (nSPS) is 10.8. The van der Waals surface area contributed by atoms with Gasteiger partial charge in [-0.25, -0.2) is 0 Å². The lowest BCUT2D eigenvalue weighted by Crippen LogP contribution is -1.96. The van der Waals surface area contributed by atoms with Gasteiger partial charge in [-0.15, -0.1) is 10.2 Å². The molecule has 0 spiro atoms. The predicted molar refractivity (Wildman–Crippen MR) is 98.6 cm³/mol. The van der Waals surface area contributed by atoms with Crippen molar-refractivity contribution in [2.75, 3.05) is 6.61 Å². The summed E-state index contributed by atoms with van der Waals surface area (Å²) in [7, 11) is 1.97. The lowest BCUT2D eigenvalue weighted by atomic mass is 10.2. The van der Waals surface area contributed by atoms with Crippen LogP contribution in [0, 0.1) is 0 Å². The zero-order valence-electron chi connectivity index (χ0n) is 13.6. The third-order valence-electron chi connectivity index (χ3n) is 3.57. The molecular formula is C18H18ClN3OS. The van der Waals surface area contributed by atoms with Gasteiger partial charge in [0.25, 0.3) is 0 Å². The lowest BCUT2D eigenvalue weighted by molar-refractivity contribution is 0.340. The van der Waals surface area contributed by atoms with Crippen molar-refractivity contribution in [3.05, 3.63) is 59.1 Å². The Morgan fingerprint density at radius 3 is 2.54 bits per heavy atom. The van der Waals surface area contributed by atoms with E-state index in [-0.39, 0.29) is 0 Å². The van der Waals surface area contributed by atoms with E-state index in [0.29, 0.717) is 6.61 Å². The number of ether oxygens (including phenoxy) is 1. The Morgan fingerprint density at radius 1 is 1.08 bits per heavy atom. The Balaban J connectivity index is 1.75. The second kappa shape index (κ2) is 7.73. The molecule has 1 aromatic heterocycles. The summed E-state index contributed by atoms with van der Waals surface area (Å²) in [6, 6.07) is 15.7. The molecule has 0 fully saturated rings. The van der Waals surface area contributed by atoms with Crippen molar-refractivity contribution in [1.29, 1.82) is 0 Å². The van der Waals surface area contributed by atoms with Crippen LogP contribution >= 0.6 is 23.4 Å². The summed E-state index contributed by atoms with van der Waals surface area (Å²) in [5, 5.41) is 10.2. The molecule has 0 saturated carbocycles. The minimum atomic E-state index is 0.659. The fourth-order valence-electron chi connectivity index (χ4n) is 2.32. The van der Waals surface area contributed by atoms with Crippen LogP contribution in [0.3, 0.4) is 0 Å². The van der Waals surface area contributed by atoms with E-state index in [1.165, 1.54) is 0 Å². The average Bonchev–Trinajstić information content (AvgIpc) is 2.96. The topological polar surface area (TPSA) is 39.9 Å². The molecule has 0 aliphatic heterocycles. The predicted octanol–water partition coefficient (Wildman–Crippen LogP) is 4.83. The summed E-state index contributed by atoms with van der Waals surface area (Å²) < 4.78 is 7.47. The van der Waals surface area contributed by atoms with Crippen LogP contribution in [-0.2, 0) is 12.8 Å². The molecule has 4 nitrogen and oxygen atoms in total. The van der Waals surface area contributed by atoms with Crippen LogP contribution < -0.4 is 4.74 Å². The fraction of sp³-hybridized carbons (Fsp3) is 0.222. The Bertz CT molecular complexity index is 817. The van der Waals surface area contributed by atoms with E-state index in [1.54, 1.807) is 11.8 Å². The van der Waals surface area contributed by atoms with Crippen molar-refractivity contribution in [2.45, 2.75) is 17.8 Å². The SMILES string of the molecule is CCOc1ccc(-c2nnc(SCc3ccccc3Cl)n2C)cc1. The van der Waals surface area contributed by atoms with Gasteiger partial charge in [0.1, 0.15) is 5.75 Å². The Hall–Kier alpha value is -1.98. The second-order valence-corrected chi connectivity index (χ2v) is 6.55. The largest absolute Gasteiger partial charge is 0.494 e. The monoisotopic (exact) mass is 359 g/mol. The van der Waals surface area contributed by atoms with Crippen molar-refractivity contribution in [3.8, 4) is 17.1 Å². The molecule has 3 rings (SSSR count). The van der Waals surface area contributed by atoms with Crippen molar-refractivity contribution >= 4 is 23.4 Å². The molecular weight excluding hydrogens is 342 g/mol. The second-order valence-electron chi connectivity index (χ2n) is 5.20. The van der Waals surface area contributed by atoms with Crippen LogP contribution in [0.5, 0.6) is 5.75 Å². The number of hydrogen-bond donors (Lipinski definition) is 0. The van der Waals surface area contributed by atoms with E-state index in [0.717, 1.165) is 38.6 Å². The fourth-order valence-corrected chi connectivity index (χ4v) is 3.51. The molecule has 6 heteroatoms. The number of halogens is 1. The van der Waals surface area contributed by atoms with Gasteiger partial charge in [0.15, 0.2) is 11.0 Å². The number of thioether (sulfide) groups is 1. The van der Waals surface area contributed by atoms with E-state index < -0.39 is 0 Å². The van der Waals surface area contributed by atoms with Crippen molar-refractivity contribution in [3.63, 3.8) is 0 Å². The Kier molecular flexibility index (Phi) is 5.43. The number of hydrogen-bond acceptors (Lipinski definition) is 4. The maximum atomic E-state index is 6.20. The van der Waals surface area contributed by atoms with Crippen LogP contribution in [0.25, 0.3) is 11.4 Å². The smallest absolute Gasteiger partial charge is 0.191 e. The standard InChI is InChI=1S/C18H18ClN3OS/c1-3-23-15-10-8-13(9-11-15)17-20-21-18(22(17)2)24-12-14-6-4-5-7-16(14)19/h4-11H,3,12H2,1-2H3. The third-order valence-corrected chi connectivity index (χ3v) is 5.01. The lowest BCUT2D eigenvalue weighted by Gasteiger charge is -2.06. The molecule has 1 heterocycles. The summed E-state index contributed by atoms with van der Waals surface area (Å²) >= 11 is 7.83. The molecule has 0 radical (unpaired) electrons. The maximum Gasteiger partial charge on any atom is 0.191 e. The van der Waals surface area contributed by atoms with Crippen LogP contribution in [-0.4, -0.2) is 21.4 Å². The first-order valence-electron chi connectivity index (χ1n) is 7.68. The number of benzene rings is 2. The Morgan fingerprint density at radius 2 is 1.83 bits per heavy atom. The van der Waals surface area contributed by atoms with Crippen molar-refractivity contribution < 1.29 is 4.74 Å². The van der Waals surface area contributed by atoms with Gasteiger partial charge in [0.2, 0.25) is 0 Å². The van der Waals surface area contributed by atoms with Gasteiger partial charge in [0.05, 0.1) is 6.61 Å². The van der Waals surface area contributed by atoms with Gasteiger partial charge >= 0.3 is 0 Å². The maximum absolute atomic E-state index is 6.20. The molecule has 0 aliphatic rings. The number of rotatable bonds is 6. The third kappa shape index (κ3) is 3.74. The number of aromatic nitrogens is 3. The quantitative estimate of drug-likeness (QED) is 0.591. The zero-order chi connectivity index (χ0) is 16.9. The molecule has 0 aliphatic carbocycles. The van der Waals surface area contributed by atoms with E-state index in [4.69, 9.17) is 16.3 Å². The summed E-state index contributed by atoms with van der Waals surface area (Å²) in [5.74, 6) is 2.45. The first-order valence-corrected chi connectivity index (χ1v) is 9.04. The highest BCUT2D eigenvalue weighted by Gasteiger charge is 2.12. The summed E-state index contributed by atoms with van der Waals surface area (Å²) in [4.78, 5) is 0. The van der Waals surface area contributed by atoms with E-state index in [1.807, 2.05) is 67.1 Å². The highest BCUT2D eigenvalue weighted by Crippen LogP contribution is 2.28. The highest BCUT2D eigenvalue weighted by molar-refractivity contribution is 7.98. The molecule has 0 unspecified atom stereocenters. The molecule has 124 valence electrons. The van der Waals surface area contributed by atoms with Crippen LogP contribution in [0.2, 0.25) is 5.02 Å². The molecule has 2 aromatic carbocycles. The van der Waals surface area contributed by atoms with Crippen LogP contribution in [0.15, 0.2) is 53.7 Å². The van der Waals surface area contributed by atoms with Crippen LogP contribution in [0.4, 0.5) is 0 Å². The molecule has 24 heavy (non-hydrogen) atoms. The van der Waals surface area contributed by atoms with Gasteiger partial charge in [-0.2, -0.15) is 0 Å². The molecule has 0 amide bonds. The number of nitrogens with zero attached hydrogens (tertiary/aromatic N) is 3. The van der Waals surface area contributed by atoms with Gasteiger partial charge in [-0.1, -0.05) is 41.6 Å². The first-order chi connectivity index (χ1) is 11.7. The summed E-state index contributed by atoms with van der Waals surface area (Å²) in [5.41, 5.74) is 2.10. The van der Waals surface area contributed by atoms with E-state index >= 15 is 0 Å². The van der Waals surface area contributed by atoms with E-state index in [9.17, 15) is 0 Å². The zero-order valence-corrected chi connectivity index (χ0v) is 15.1. The molecule has 0 saturated heterocycles. The van der Waals surface area contributed by atoms with Crippen molar-refractivity contribution in [2.24, 2.45) is 7.05 Å². The molecule has 0 atom stereocenters. The Labute approximate surface area is 150 Å². The minimum absolute atomic E-state index is 0.659. The van der Waals surface area contributed by atoms with Gasteiger partial charge < -0.3 is 9.30 Å². The molecule has 0 N–H and O–H groups in total. The summed E-state index contributed by atoms with van der Waals surface area (Å²) in [6.07, 6.45) is 0. The molecule has 3 aromatic rings.